The fraction of sp³-hybridized carbons (Fsp3) is 0.462. The number of rotatable bonds is 6. The van der Waals surface area contributed by atoms with Gasteiger partial charge in [0.25, 0.3) is 0 Å². The van der Waals surface area contributed by atoms with Crippen LogP contribution in [0.4, 0.5) is 5.69 Å². The molecular weight excluding hydrogens is 232 g/mol. The number of anilines is 1. The summed E-state index contributed by atoms with van der Waals surface area (Å²) in [6.07, 6.45) is 0. The topological polar surface area (TPSA) is 46.3 Å². The van der Waals surface area contributed by atoms with Crippen LogP contribution in [0.3, 0.4) is 0 Å². The molecule has 0 radical (unpaired) electrons. The van der Waals surface area contributed by atoms with Crippen molar-refractivity contribution in [2.75, 3.05) is 31.1 Å². The largest absolute Gasteiger partial charge is 0.399 e. The van der Waals surface area contributed by atoms with E-state index >= 15 is 0 Å². The summed E-state index contributed by atoms with van der Waals surface area (Å²) in [5.74, 6) is 0.838. The van der Waals surface area contributed by atoms with E-state index in [0.717, 1.165) is 31.0 Å². The fourth-order valence-corrected chi connectivity index (χ4v) is 2.35. The van der Waals surface area contributed by atoms with Gasteiger partial charge in [-0.05, 0) is 37.4 Å². The molecule has 0 saturated heterocycles. The Morgan fingerprint density at radius 1 is 1.24 bits per heavy atom. The van der Waals surface area contributed by atoms with Crippen molar-refractivity contribution < 1.29 is 4.79 Å². The van der Waals surface area contributed by atoms with Gasteiger partial charge in [-0.2, -0.15) is 0 Å². The molecule has 1 aromatic carbocycles. The molecular formula is C13H20N2OS. The van der Waals surface area contributed by atoms with Crippen LogP contribution in [-0.2, 0) is 0 Å². The van der Waals surface area contributed by atoms with Crippen molar-refractivity contribution in [1.82, 2.24) is 4.90 Å². The first-order valence-electron chi connectivity index (χ1n) is 5.92. The highest BCUT2D eigenvalue weighted by Gasteiger charge is 2.07. The molecule has 3 nitrogen and oxygen atoms in total. The molecule has 0 heterocycles. The Balaban J connectivity index is 2.37. The number of thioether (sulfide) groups is 1. The second-order valence-electron chi connectivity index (χ2n) is 3.78. The maximum absolute atomic E-state index is 11.8. The Morgan fingerprint density at radius 2 is 1.82 bits per heavy atom. The molecule has 0 aliphatic rings. The molecule has 1 aromatic rings. The third kappa shape index (κ3) is 4.79. The summed E-state index contributed by atoms with van der Waals surface area (Å²) in [7, 11) is 0. The van der Waals surface area contributed by atoms with E-state index in [-0.39, 0.29) is 5.12 Å². The van der Waals surface area contributed by atoms with Crippen LogP contribution in [-0.4, -0.2) is 35.4 Å². The second kappa shape index (κ2) is 7.35. The van der Waals surface area contributed by atoms with E-state index in [1.807, 2.05) is 0 Å². The third-order valence-electron chi connectivity index (χ3n) is 2.68. The lowest BCUT2D eigenvalue weighted by Gasteiger charge is -2.16. The number of hydrogen-bond acceptors (Lipinski definition) is 4. The summed E-state index contributed by atoms with van der Waals surface area (Å²) in [5, 5.41) is 0.122. The summed E-state index contributed by atoms with van der Waals surface area (Å²) in [6, 6.07) is 7.08. The molecule has 2 N–H and O–H groups in total. The SMILES string of the molecule is CCN(CC)CCSC(=O)c1ccc(N)cc1. The van der Waals surface area contributed by atoms with E-state index in [2.05, 4.69) is 18.7 Å². The highest BCUT2D eigenvalue weighted by Crippen LogP contribution is 2.14. The number of nitrogen functional groups attached to an aromatic ring is 1. The van der Waals surface area contributed by atoms with Crippen molar-refractivity contribution in [2.45, 2.75) is 13.8 Å². The van der Waals surface area contributed by atoms with E-state index in [1.54, 1.807) is 24.3 Å². The van der Waals surface area contributed by atoms with E-state index in [0.29, 0.717) is 5.69 Å². The standard InChI is InChI=1S/C13H20N2OS/c1-3-15(4-2)9-10-17-13(16)11-5-7-12(14)8-6-11/h5-8H,3-4,9-10,14H2,1-2H3. The average molecular weight is 252 g/mol. The molecule has 94 valence electrons. The number of nitrogens with zero attached hydrogens (tertiary/aromatic N) is 1. The zero-order valence-electron chi connectivity index (χ0n) is 10.5. The lowest BCUT2D eigenvalue weighted by atomic mass is 10.2. The van der Waals surface area contributed by atoms with E-state index in [9.17, 15) is 4.79 Å². The van der Waals surface area contributed by atoms with Crippen molar-refractivity contribution in [3.63, 3.8) is 0 Å². The van der Waals surface area contributed by atoms with Gasteiger partial charge in [-0.3, -0.25) is 4.79 Å². The van der Waals surface area contributed by atoms with Crippen LogP contribution in [0, 0.1) is 0 Å². The molecule has 0 saturated carbocycles. The van der Waals surface area contributed by atoms with E-state index in [4.69, 9.17) is 5.73 Å². The van der Waals surface area contributed by atoms with Crippen LogP contribution in [0.2, 0.25) is 0 Å². The van der Waals surface area contributed by atoms with Gasteiger partial charge >= 0.3 is 0 Å². The number of benzene rings is 1. The second-order valence-corrected chi connectivity index (χ2v) is 4.85. The molecule has 0 spiro atoms. The maximum Gasteiger partial charge on any atom is 0.219 e. The first kappa shape index (κ1) is 14.1. The average Bonchev–Trinajstić information content (AvgIpc) is 2.35. The Labute approximate surface area is 107 Å². The Bertz CT molecular complexity index is 347. The maximum atomic E-state index is 11.8. The minimum atomic E-state index is 0.122. The van der Waals surface area contributed by atoms with Crippen LogP contribution in [0.5, 0.6) is 0 Å². The molecule has 0 aliphatic carbocycles. The summed E-state index contributed by atoms with van der Waals surface area (Å²) in [5.41, 5.74) is 6.99. The zero-order chi connectivity index (χ0) is 12.7. The van der Waals surface area contributed by atoms with E-state index in [1.165, 1.54) is 11.8 Å². The minimum absolute atomic E-state index is 0.122. The quantitative estimate of drug-likeness (QED) is 0.790. The number of carbonyl (C=O) groups is 1. The zero-order valence-corrected chi connectivity index (χ0v) is 11.3. The number of hydrogen-bond donors (Lipinski definition) is 1. The van der Waals surface area contributed by atoms with Gasteiger partial charge in [0.05, 0.1) is 0 Å². The lowest BCUT2D eigenvalue weighted by Crippen LogP contribution is -2.25. The van der Waals surface area contributed by atoms with Gasteiger partial charge in [-0.15, -0.1) is 0 Å². The summed E-state index contributed by atoms with van der Waals surface area (Å²) in [6.45, 7) is 7.30. The molecule has 0 fully saturated rings. The molecule has 0 amide bonds. The van der Waals surface area contributed by atoms with Gasteiger partial charge in [0.15, 0.2) is 0 Å². The van der Waals surface area contributed by atoms with Crippen LogP contribution >= 0.6 is 11.8 Å². The fourth-order valence-electron chi connectivity index (χ4n) is 1.51. The Morgan fingerprint density at radius 3 is 2.35 bits per heavy atom. The predicted molar refractivity (Wildman–Crippen MR) is 75.4 cm³/mol. The molecule has 0 bridgehead atoms. The van der Waals surface area contributed by atoms with Crippen LogP contribution in [0.1, 0.15) is 24.2 Å². The van der Waals surface area contributed by atoms with Gasteiger partial charge in [-0.1, -0.05) is 25.6 Å². The summed E-state index contributed by atoms with van der Waals surface area (Å²) >= 11 is 1.37. The number of carbonyl (C=O) groups excluding carboxylic acids is 1. The smallest absolute Gasteiger partial charge is 0.219 e. The minimum Gasteiger partial charge on any atom is -0.399 e. The molecule has 4 heteroatoms. The summed E-state index contributed by atoms with van der Waals surface area (Å²) < 4.78 is 0. The van der Waals surface area contributed by atoms with Crippen LogP contribution in [0.15, 0.2) is 24.3 Å². The van der Waals surface area contributed by atoms with Gasteiger partial charge in [-0.25, -0.2) is 0 Å². The highest BCUT2D eigenvalue weighted by molar-refractivity contribution is 8.14. The molecule has 17 heavy (non-hydrogen) atoms. The molecule has 0 aromatic heterocycles. The predicted octanol–water partition coefficient (Wildman–Crippen LogP) is 2.48. The van der Waals surface area contributed by atoms with E-state index < -0.39 is 0 Å². The van der Waals surface area contributed by atoms with Gasteiger partial charge in [0, 0.05) is 23.5 Å². The van der Waals surface area contributed by atoms with Crippen molar-refractivity contribution >= 4 is 22.6 Å². The highest BCUT2D eigenvalue weighted by atomic mass is 32.2. The van der Waals surface area contributed by atoms with Crippen molar-refractivity contribution in [1.29, 1.82) is 0 Å². The molecule has 0 unspecified atom stereocenters. The normalized spacial score (nSPS) is 10.8. The monoisotopic (exact) mass is 252 g/mol. The van der Waals surface area contributed by atoms with Crippen LogP contribution in [0.25, 0.3) is 0 Å². The molecule has 0 atom stereocenters. The molecule has 1 rings (SSSR count). The Kier molecular flexibility index (Phi) is 6.08. The van der Waals surface area contributed by atoms with Crippen molar-refractivity contribution in [3.05, 3.63) is 29.8 Å². The first-order valence-corrected chi connectivity index (χ1v) is 6.91. The summed E-state index contributed by atoms with van der Waals surface area (Å²) in [4.78, 5) is 14.1. The first-order chi connectivity index (χ1) is 8.17. The molecule has 0 aliphatic heterocycles. The van der Waals surface area contributed by atoms with Gasteiger partial charge in [0.1, 0.15) is 0 Å². The van der Waals surface area contributed by atoms with Crippen molar-refractivity contribution in [2.24, 2.45) is 0 Å². The lowest BCUT2D eigenvalue weighted by molar-refractivity contribution is 0.108. The Hall–Kier alpha value is -1.00. The third-order valence-corrected chi connectivity index (χ3v) is 3.57. The van der Waals surface area contributed by atoms with Gasteiger partial charge < -0.3 is 10.6 Å². The van der Waals surface area contributed by atoms with Crippen molar-refractivity contribution in [3.8, 4) is 0 Å². The number of nitrogens with two attached hydrogens (primary N) is 1. The van der Waals surface area contributed by atoms with Gasteiger partial charge in [0.2, 0.25) is 5.12 Å². The van der Waals surface area contributed by atoms with Crippen LogP contribution < -0.4 is 5.73 Å².